The number of rotatable bonds is 6. The minimum absolute atomic E-state index is 0.281. The van der Waals surface area contributed by atoms with Gasteiger partial charge in [0.05, 0.1) is 0 Å². The molecule has 5 heteroatoms. The average Bonchev–Trinajstić information content (AvgIpc) is 3.18. The van der Waals surface area contributed by atoms with Crippen molar-refractivity contribution in [1.29, 1.82) is 0 Å². The van der Waals surface area contributed by atoms with Crippen LogP contribution in [0.2, 0.25) is 0 Å². The summed E-state index contributed by atoms with van der Waals surface area (Å²) in [7, 11) is 0. The van der Waals surface area contributed by atoms with Crippen molar-refractivity contribution in [2.75, 3.05) is 11.4 Å². The van der Waals surface area contributed by atoms with E-state index in [1.54, 1.807) is 10.6 Å². The standard InChI is InChI=1S/C15H19N3O2/c1-2-3-9-17(11-7-8-11)14-13(15(19)20)18-10-5-4-6-12(18)16-14/h4-6,10-11H,2-3,7-9H2,1H3,(H,19,20). The number of carboxylic acid groups (broad SMARTS) is 1. The van der Waals surface area contributed by atoms with Gasteiger partial charge in [-0.25, -0.2) is 9.78 Å². The number of hydrogen-bond donors (Lipinski definition) is 1. The fourth-order valence-corrected chi connectivity index (χ4v) is 2.56. The molecule has 1 aliphatic rings. The molecule has 0 bridgehead atoms. The lowest BCUT2D eigenvalue weighted by atomic mass is 10.3. The van der Waals surface area contributed by atoms with E-state index in [4.69, 9.17) is 0 Å². The lowest BCUT2D eigenvalue weighted by molar-refractivity contribution is 0.0690. The molecule has 1 N–H and O–H groups in total. The first-order valence-corrected chi connectivity index (χ1v) is 7.19. The molecule has 2 heterocycles. The van der Waals surface area contributed by atoms with Gasteiger partial charge in [0.2, 0.25) is 0 Å². The predicted molar refractivity (Wildman–Crippen MR) is 77.4 cm³/mol. The summed E-state index contributed by atoms with van der Waals surface area (Å²) < 4.78 is 1.67. The van der Waals surface area contributed by atoms with Gasteiger partial charge in [0.1, 0.15) is 5.65 Å². The third-order valence-corrected chi connectivity index (χ3v) is 3.73. The number of unbranched alkanes of at least 4 members (excludes halogenated alkanes) is 1. The van der Waals surface area contributed by atoms with Crippen molar-refractivity contribution in [3.05, 3.63) is 30.1 Å². The number of hydrogen-bond acceptors (Lipinski definition) is 3. The molecule has 0 aliphatic heterocycles. The summed E-state index contributed by atoms with van der Waals surface area (Å²) in [5, 5.41) is 9.54. The number of anilines is 1. The molecule has 2 aromatic heterocycles. The highest BCUT2D eigenvalue weighted by Crippen LogP contribution is 2.33. The molecule has 0 spiro atoms. The first-order chi connectivity index (χ1) is 9.72. The largest absolute Gasteiger partial charge is 0.476 e. The number of fused-ring (bicyclic) bond motifs is 1. The van der Waals surface area contributed by atoms with Crippen LogP contribution in [0.25, 0.3) is 5.65 Å². The monoisotopic (exact) mass is 273 g/mol. The smallest absolute Gasteiger partial charge is 0.356 e. The number of pyridine rings is 1. The number of imidazole rings is 1. The molecule has 0 saturated heterocycles. The number of nitrogens with zero attached hydrogens (tertiary/aromatic N) is 3. The van der Waals surface area contributed by atoms with Gasteiger partial charge in [0.15, 0.2) is 11.5 Å². The van der Waals surface area contributed by atoms with Crippen LogP contribution in [0.1, 0.15) is 43.1 Å². The van der Waals surface area contributed by atoms with E-state index in [1.807, 2.05) is 18.2 Å². The maximum atomic E-state index is 11.6. The minimum Gasteiger partial charge on any atom is -0.476 e. The van der Waals surface area contributed by atoms with Gasteiger partial charge in [-0.3, -0.25) is 4.40 Å². The summed E-state index contributed by atoms with van der Waals surface area (Å²) >= 11 is 0. The molecule has 5 nitrogen and oxygen atoms in total. The number of carboxylic acids is 1. The third kappa shape index (κ3) is 2.24. The second-order valence-corrected chi connectivity index (χ2v) is 5.30. The van der Waals surface area contributed by atoms with Gasteiger partial charge in [-0.05, 0) is 31.4 Å². The van der Waals surface area contributed by atoms with Crippen LogP contribution in [0.3, 0.4) is 0 Å². The van der Waals surface area contributed by atoms with Crippen LogP contribution in [0.15, 0.2) is 24.4 Å². The SMILES string of the molecule is CCCCN(c1nc2ccccn2c1C(=O)O)C1CC1. The van der Waals surface area contributed by atoms with Crippen LogP contribution >= 0.6 is 0 Å². The summed E-state index contributed by atoms with van der Waals surface area (Å²) in [5.74, 6) is -0.291. The summed E-state index contributed by atoms with van der Waals surface area (Å²) in [5.41, 5.74) is 0.977. The van der Waals surface area contributed by atoms with Crippen LogP contribution in [-0.2, 0) is 0 Å². The Morgan fingerprint density at radius 2 is 2.30 bits per heavy atom. The number of aromatic nitrogens is 2. The average molecular weight is 273 g/mol. The Hall–Kier alpha value is -2.04. The molecular formula is C15H19N3O2. The Bertz CT molecular complexity index is 631. The third-order valence-electron chi connectivity index (χ3n) is 3.73. The molecule has 1 fully saturated rings. The first-order valence-electron chi connectivity index (χ1n) is 7.19. The van der Waals surface area contributed by atoms with Crippen molar-refractivity contribution >= 4 is 17.4 Å². The lowest BCUT2D eigenvalue weighted by Gasteiger charge is -2.22. The van der Waals surface area contributed by atoms with E-state index in [0.29, 0.717) is 17.5 Å². The lowest BCUT2D eigenvalue weighted by Crippen LogP contribution is -2.29. The number of aromatic carboxylic acids is 1. The highest BCUT2D eigenvalue weighted by Gasteiger charge is 2.33. The minimum atomic E-state index is -0.916. The quantitative estimate of drug-likeness (QED) is 0.879. The maximum Gasteiger partial charge on any atom is 0.356 e. The predicted octanol–water partition coefficient (Wildman–Crippen LogP) is 2.80. The van der Waals surface area contributed by atoms with Crippen LogP contribution in [-0.4, -0.2) is 33.0 Å². The zero-order chi connectivity index (χ0) is 14.1. The molecule has 2 aromatic rings. The molecular weight excluding hydrogens is 254 g/mol. The first kappa shape index (κ1) is 13.0. The Balaban J connectivity index is 2.08. The van der Waals surface area contributed by atoms with E-state index in [0.717, 1.165) is 32.2 Å². The van der Waals surface area contributed by atoms with E-state index in [2.05, 4.69) is 16.8 Å². The molecule has 0 aromatic carbocycles. The van der Waals surface area contributed by atoms with Gasteiger partial charge in [-0.2, -0.15) is 0 Å². The molecule has 0 unspecified atom stereocenters. The Morgan fingerprint density at radius 1 is 1.50 bits per heavy atom. The van der Waals surface area contributed by atoms with Crippen molar-refractivity contribution in [1.82, 2.24) is 9.38 Å². The van der Waals surface area contributed by atoms with Crippen molar-refractivity contribution in [3.63, 3.8) is 0 Å². The normalized spacial score (nSPS) is 14.7. The summed E-state index contributed by atoms with van der Waals surface area (Å²) in [4.78, 5) is 18.4. The number of carbonyl (C=O) groups is 1. The summed E-state index contributed by atoms with van der Waals surface area (Å²) in [6.45, 7) is 3.03. The highest BCUT2D eigenvalue weighted by atomic mass is 16.4. The zero-order valence-electron chi connectivity index (χ0n) is 11.6. The Labute approximate surface area is 117 Å². The molecule has 20 heavy (non-hydrogen) atoms. The molecule has 0 radical (unpaired) electrons. The Kier molecular flexibility index (Phi) is 3.34. The molecule has 0 amide bonds. The summed E-state index contributed by atoms with van der Waals surface area (Å²) in [6, 6.07) is 6.02. The molecule has 106 valence electrons. The molecule has 1 aliphatic carbocycles. The second-order valence-electron chi connectivity index (χ2n) is 5.30. The van der Waals surface area contributed by atoms with Crippen molar-refractivity contribution in [2.45, 2.75) is 38.6 Å². The second kappa shape index (κ2) is 5.15. The van der Waals surface area contributed by atoms with Crippen LogP contribution in [0, 0.1) is 0 Å². The van der Waals surface area contributed by atoms with Crippen LogP contribution in [0.4, 0.5) is 5.82 Å². The zero-order valence-corrected chi connectivity index (χ0v) is 11.6. The fraction of sp³-hybridized carbons (Fsp3) is 0.467. The topological polar surface area (TPSA) is 57.8 Å². The van der Waals surface area contributed by atoms with Crippen LogP contribution in [0.5, 0.6) is 0 Å². The van der Waals surface area contributed by atoms with E-state index in [-0.39, 0.29) is 5.69 Å². The van der Waals surface area contributed by atoms with Crippen molar-refractivity contribution < 1.29 is 9.90 Å². The van der Waals surface area contributed by atoms with Gasteiger partial charge >= 0.3 is 5.97 Å². The highest BCUT2D eigenvalue weighted by molar-refractivity contribution is 5.93. The fourth-order valence-electron chi connectivity index (χ4n) is 2.56. The molecule has 0 atom stereocenters. The van der Waals surface area contributed by atoms with Crippen LogP contribution < -0.4 is 4.90 Å². The Morgan fingerprint density at radius 3 is 2.95 bits per heavy atom. The van der Waals surface area contributed by atoms with E-state index in [1.165, 1.54) is 0 Å². The van der Waals surface area contributed by atoms with Gasteiger partial charge in [-0.15, -0.1) is 0 Å². The molecule has 1 saturated carbocycles. The summed E-state index contributed by atoms with van der Waals surface area (Å²) in [6.07, 6.45) is 6.19. The van der Waals surface area contributed by atoms with E-state index >= 15 is 0 Å². The van der Waals surface area contributed by atoms with E-state index < -0.39 is 5.97 Å². The van der Waals surface area contributed by atoms with Crippen molar-refractivity contribution in [3.8, 4) is 0 Å². The van der Waals surface area contributed by atoms with Gasteiger partial charge in [-0.1, -0.05) is 19.4 Å². The maximum absolute atomic E-state index is 11.6. The van der Waals surface area contributed by atoms with Gasteiger partial charge in [0.25, 0.3) is 0 Å². The van der Waals surface area contributed by atoms with Gasteiger partial charge < -0.3 is 10.0 Å². The molecule has 3 rings (SSSR count). The van der Waals surface area contributed by atoms with E-state index in [9.17, 15) is 9.90 Å². The van der Waals surface area contributed by atoms with Crippen molar-refractivity contribution in [2.24, 2.45) is 0 Å². The van der Waals surface area contributed by atoms with Gasteiger partial charge in [0, 0.05) is 18.8 Å².